The Labute approximate surface area is 101 Å². The van der Waals surface area contributed by atoms with E-state index in [2.05, 4.69) is 17.2 Å². The second-order valence-electron chi connectivity index (χ2n) is 4.23. The monoisotopic (exact) mass is 228 g/mol. The van der Waals surface area contributed by atoms with Gasteiger partial charge in [0.15, 0.2) is 0 Å². The predicted molar refractivity (Wildman–Crippen MR) is 68.1 cm³/mol. The minimum Gasteiger partial charge on any atom is -0.268 e. The van der Waals surface area contributed by atoms with E-state index in [0.717, 1.165) is 24.1 Å². The Hall–Kier alpha value is -1.90. The SMILES string of the molecule is Cc1cc(CCc2ccccc2)c(=O)n(C)n1. The van der Waals surface area contributed by atoms with Crippen LogP contribution in [-0.4, -0.2) is 9.78 Å². The molecule has 1 aromatic heterocycles. The molecule has 3 heteroatoms. The molecule has 0 aliphatic heterocycles. The topological polar surface area (TPSA) is 34.9 Å². The summed E-state index contributed by atoms with van der Waals surface area (Å²) in [5.74, 6) is 0. The van der Waals surface area contributed by atoms with Crippen LogP contribution < -0.4 is 5.56 Å². The lowest BCUT2D eigenvalue weighted by Gasteiger charge is -2.05. The summed E-state index contributed by atoms with van der Waals surface area (Å²) in [6.07, 6.45) is 1.65. The smallest absolute Gasteiger partial charge is 0.268 e. The van der Waals surface area contributed by atoms with E-state index in [1.165, 1.54) is 10.2 Å². The molecule has 0 fully saturated rings. The molecule has 1 heterocycles. The van der Waals surface area contributed by atoms with Crippen molar-refractivity contribution in [2.45, 2.75) is 19.8 Å². The van der Waals surface area contributed by atoms with Gasteiger partial charge in [-0.25, -0.2) is 4.68 Å². The maximum absolute atomic E-state index is 11.8. The molecule has 0 atom stereocenters. The minimum atomic E-state index is 0.00605. The molecule has 0 unspecified atom stereocenters. The van der Waals surface area contributed by atoms with Gasteiger partial charge in [0.25, 0.3) is 5.56 Å². The summed E-state index contributed by atoms with van der Waals surface area (Å²) < 4.78 is 1.41. The van der Waals surface area contributed by atoms with Crippen LogP contribution in [0.4, 0.5) is 0 Å². The van der Waals surface area contributed by atoms with Crippen LogP contribution in [0.1, 0.15) is 16.8 Å². The van der Waals surface area contributed by atoms with Crippen molar-refractivity contribution in [3.8, 4) is 0 Å². The van der Waals surface area contributed by atoms with Crippen LogP contribution in [0.2, 0.25) is 0 Å². The highest BCUT2D eigenvalue weighted by Gasteiger charge is 2.04. The first-order valence-electron chi connectivity index (χ1n) is 5.74. The Morgan fingerprint density at radius 1 is 1.18 bits per heavy atom. The zero-order valence-corrected chi connectivity index (χ0v) is 10.2. The molecule has 2 aromatic rings. The van der Waals surface area contributed by atoms with Crippen molar-refractivity contribution >= 4 is 0 Å². The van der Waals surface area contributed by atoms with Crippen LogP contribution in [0.25, 0.3) is 0 Å². The van der Waals surface area contributed by atoms with Crippen molar-refractivity contribution in [2.75, 3.05) is 0 Å². The molecule has 3 nitrogen and oxygen atoms in total. The van der Waals surface area contributed by atoms with Gasteiger partial charge < -0.3 is 0 Å². The molecule has 0 aliphatic rings. The van der Waals surface area contributed by atoms with E-state index in [0.29, 0.717) is 0 Å². The van der Waals surface area contributed by atoms with Gasteiger partial charge in [0, 0.05) is 12.6 Å². The van der Waals surface area contributed by atoms with Gasteiger partial charge in [0.05, 0.1) is 5.69 Å². The number of rotatable bonds is 3. The van der Waals surface area contributed by atoms with Gasteiger partial charge in [-0.15, -0.1) is 0 Å². The molecule has 88 valence electrons. The summed E-state index contributed by atoms with van der Waals surface area (Å²) in [5.41, 5.74) is 2.98. The molecule has 0 bridgehead atoms. The van der Waals surface area contributed by atoms with Crippen LogP contribution in [0.5, 0.6) is 0 Å². The van der Waals surface area contributed by atoms with Gasteiger partial charge >= 0.3 is 0 Å². The molecule has 0 saturated heterocycles. The Morgan fingerprint density at radius 2 is 1.88 bits per heavy atom. The number of aryl methyl sites for hydroxylation is 4. The Morgan fingerprint density at radius 3 is 2.59 bits per heavy atom. The van der Waals surface area contributed by atoms with Gasteiger partial charge in [-0.2, -0.15) is 5.10 Å². The number of hydrogen-bond donors (Lipinski definition) is 0. The highest BCUT2D eigenvalue weighted by molar-refractivity contribution is 5.19. The van der Waals surface area contributed by atoms with Gasteiger partial charge in [-0.05, 0) is 31.4 Å². The fourth-order valence-electron chi connectivity index (χ4n) is 1.94. The highest BCUT2D eigenvalue weighted by Crippen LogP contribution is 2.04. The van der Waals surface area contributed by atoms with Crippen LogP contribution in [0, 0.1) is 6.92 Å². The Balaban J connectivity index is 2.17. The van der Waals surface area contributed by atoms with E-state index in [9.17, 15) is 4.79 Å². The molecular weight excluding hydrogens is 212 g/mol. The Bertz CT molecular complexity index is 558. The van der Waals surface area contributed by atoms with Gasteiger partial charge in [0.1, 0.15) is 0 Å². The predicted octanol–water partition coefficient (Wildman–Crippen LogP) is 1.87. The third-order valence-corrected chi connectivity index (χ3v) is 2.79. The average molecular weight is 228 g/mol. The summed E-state index contributed by atoms with van der Waals surface area (Å²) in [6.45, 7) is 1.91. The summed E-state index contributed by atoms with van der Waals surface area (Å²) >= 11 is 0. The molecule has 2 rings (SSSR count). The van der Waals surface area contributed by atoms with Crippen LogP contribution in [0.15, 0.2) is 41.2 Å². The van der Waals surface area contributed by atoms with Crippen molar-refractivity contribution in [1.29, 1.82) is 0 Å². The zero-order chi connectivity index (χ0) is 12.3. The second-order valence-corrected chi connectivity index (χ2v) is 4.23. The van der Waals surface area contributed by atoms with E-state index in [1.807, 2.05) is 31.2 Å². The first-order chi connectivity index (χ1) is 8.16. The summed E-state index contributed by atoms with van der Waals surface area (Å²) in [5, 5.41) is 4.09. The number of benzene rings is 1. The number of hydrogen-bond acceptors (Lipinski definition) is 2. The van der Waals surface area contributed by atoms with Crippen molar-refractivity contribution in [3.05, 3.63) is 63.6 Å². The molecule has 0 radical (unpaired) electrons. The van der Waals surface area contributed by atoms with E-state index >= 15 is 0 Å². The number of nitrogens with zero attached hydrogens (tertiary/aromatic N) is 2. The molecule has 0 amide bonds. The van der Waals surface area contributed by atoms with E-state index < -0.39 is 0 Å². The minimum absolute atomic E-state index is 0.00605. The van der Waals surface area contributed by atoms with Gasteiger partial charge in [-0.3, -0.25) is 4.79 Å². The van der Waals surface area contributed by atoms with Crippen LogP contribution in [-0.2, 0) is 19.9 Å². The molecule has 0 N–H and O–H groups in total. The van der Waals surface area contributed by atoms with Gasteiger partial charge in [-0.1, -0.05) is 30.3 Å². The maximum Gasteiger partial charge on any atom is 0.269 e. The average Bonchev–Trinajstić information content (AvgIpc) is 2.33. The fraction of sp³-hybridized carbons (Fsp3) is 0.286. The third-order valence-electron chi connectivity index (χ3n) is 2.79. The van der Waals surface area contributed by atoms with Gasteiger partial charge in [0.2, 0.25) is 0 Å². The highest BCUT2D eigenvalue weighted by atomic mass is 16.1. The standard InChI is InChI=1S/C14H16N2O/c1-11-10-13(14(17)16(2)15-11)9-8-12-6-4-3-5-7-12/h3-7,10H,8-9H2,1-2H3. The van der Waals surface area contributed by atoms with E-state index in [4.69, 9.17) is 0 Å². The first kappa shape index (κ1) is 11.6. The van der Waals surface area contributed by atoms with E-state index in [-0.39, 0.29) is 5.56 Å². The van der Waals surface area contributed by atoms with Crippen LogP contribution >= 0.6 is 0 Å². The molecule has 0 saturated carbocycles. The molecule has 0 aliphatic carbocycles. The lowest BCUT2D eigenvalue weighted by Crippen LogP contribution is -2.24. The lowest BCUT2D eigenvalue weighted by molar-refractivity contribution is 0.676. The van der Waals surface area contributed by atoms with Crippen LogP contribution in [0.3, 0.4) is 0 Å². The fourth-order valence-corrected chi connectivity index (χ4v) is 1.94. The van der Waals surface area contributed by atoms with Crippen molar-refractivity contribution < 1.29 is 0 Å². The maximum atomic E-state index is 11.8. The summed E-state index contributed by atoms with van der Waals surface area (Å²) in [7, 11) is 1.70. The molecule has 17 heavy (non-hydrogen) atoms. The summed E-state index contributed by atoms with van der Waals surface area (Å²) in [6, 6.07) is 12.1. The zero-order valence-electron chi connectivity index (χ0n) is 10.2. The molecule has 1 aromatic carbocycles. The third kappa shape index (κ3) is 2.81. The van der Waals surface area contributed by atoms with E-state index in [1.54, 1.807) is 7.05 Å². The van der Waals surface area contributed by atoms with Crippen molar-refractivity contribution in [3.63, 3.8) is 0 Å². The number of aromatic nitrogens is 2. The normalized spacial score (nSPS) is 10.5. The lowest BCUT2D eigenvalue weighted by atomic mass is 10.1. The first-order valence-corrected chi connectivity index (χ1v) is 5.74. The van der Waals surface area contributed by atoms with Crippen molar-refractivity contribution in [1.82, 2.24) is 9.78 Å². The molecule has 0 spiro atoms. The van der Waals surface area contributed by atoms with Crippen molar-refractivity contribution in [2.24, 2.45) is 7.05 Å². The molecular formula is C14H16N2O. The second kappa shape index (κ2) is 4.95. The Kier molecular flexibility index (Phi) is 3.38. The quantitative estimate of drug-likeness (QED) is 0.804. The largest absolute Gasteiger partial charge is 0.269 e. The summed E-state index contributed by atoms with van der Waals surface area (Å²) in [4.78, 5) is 11.8.